The quantitative estimate of drug-likeness (QED) is 0.299. The second-order valence-electron chi connectivity index (χ2n) is 5.10. The number of H-pyrrole nitrogens is 1. The zero-order valence-electron chi connectivity index (χ0n) is 13.0. The maximum atomic E-state index is 12.1. The van der Waals surface area contributed by atoms with E-state index in [-0.39, 0.29) is 12.5 Å². The van der Waals surface area contributed by atoms with E-state index in [9.17, 15) is 9.59 Å². The van der Waals surface area contributed by atoms with Crippen LogP contribution in [0.1, 0.15) is 20.7 Å². The van der Waals surface area contributed by atoms with E-state index < -0.39 is 5.91 Å². The molecule has 3 aromatic rings. The number of fused-ring (bicyclic) bond motifs is 1. The molecule has 0 aliphatic rings. The van der Waals surface area contributed by atoms with Crippen molar-refractivity contribution < 1.29 is 19.5 Å². The summed E-state index contributed by atoms with van der Waals surface area (Å²) in [5, 5.41) is 21.6. The van der Waals surface area contributed by atoms with E-state index in [1.807, 2.05) is 0 Å². The van der Waals surface area contributed by atoms with E-state index in [0.717, 1.165) is 0 Å². The summed E-state index contributed by atoms with van der Waals surface area (Å²) in [4.78, 5) is 23.3. The highest BCUT2D eigenvalue weighted by Crippen LogP contribution is 2.12. The van der Waals surface area contributed by atoms with Gasteiger partial charge in [0.25, 0.3) is 11.8 Å². The minimum absolute atomic E-state index is 0.233. The highest BCUT2D eigenvalue weighted by atomic mass is 16.5. The Morgan fingerprint density at radius 3 is 2.48 bits per heavy atom. The second kappa shape index (κ2) is 7.41. The minimum atomic E-state index is -0.595. The molecule has 0 spiro atoms. The third kappa shape index (κ3) is 3.90. The Hall–Kier alpha value is -3.46. The number of carbonyl (C=O) groups is 2. The Kier molecular flexibility index (Phi) is 4.86. The molecule has 0 bridgehead atoms. The number of hydrogen-bond donors (Lipinski definition) is 4. The lowest BCUT2D eigenvalue weighted by Crippen LogP contribution is -2.28. The molecule has 0 aliphatic heterocycles. The van der Waals surface area contributed by atoms with Gasteiger partial charge in [0.05, 0.1) is 6.54 Å². The Morgan fingerprint density at radius 2 is 1.72 bits per heavy atom. The first-order valence-electron chi connectivity index (χ1n) is 7.43. The number of nitrogens with one attached hydrogen (secondary N) is 3. The fraction of sp³-hybridized carbons (Fsp3) is 0.125. The van der Waals surface area contributed by atoms with Crippen molar-refractivity contribution in [2.75, 3.05) is 13.2 Å². The van der Waals surface area contributed by atoms with Crippen molar-refractivity contribution >= 4 is 22.8 Å². The summed E-state index contributed by atoms with van der Waals surface area (Å²) in [6.07, 6.45) is 0. The van der Waals surface area contributed by atoms with E-state index >= 15 is 0 Å². The summed E-state index contributed by atoms with van der Waals surface area (Å²) >= 11 is 0. The number of amides is 2. The van der Waals surface area contributed by atoms with Crippen molar-refractivity contribution in [3.63, 3.8) is 0 Å². The molecule has 0 saturated heterocycles. The van der Waals surface area contributed by atoms with Crippen LogP contribution in [-0.4, -0.2) is 45.6 Å². The lowest BCUT2D eigenvalue weighted by Gasteiger charge is -2.08. The predicted molar refractivity (Wildman–Crippen MR) is 87.4 cm³/mol. The molecular weight excluding hydrogens is 326 g/mol. The smallest absolute Gasteiger partial charge is 0.274 e. The van der Waals surface area contributed by atoms with Crippen molar-refractivity contribution in [1.82, 2.24) is 26.2 Å². The zero-order chi connectivity index (χ0) is 17.6. The number of hydrogen-bond acceptors (Lipinski definition) is 6. The fourth-order valence-corrected chi connectivity index (χ4v) is 2.18. The monoisotopic (exact) mass is 341 g/mol. The molecule has 2 aromatic carbocycles. The van der Waals surface area contributed by atoms with Crippen LogP contribution in [0.2, 0.25) is 0 Å². The number of benzene rings is 2. The average Bonchev–Trinajstić information content (AvgIpc) is 3.12. The maximum Gasteiger partial charge on any atom is 0.274 e. The van der Waals surface area contributed by atoms with Gasteiger partial charge in [0.1, 0.15) is 23.4 Å². The molecule has 128 valence electrons. The predicted octanol–water partition coefficient (Wildman–Crippen LogP) is 0.886. The van der Waals surface area contributed by atoms with E-state index in [2.05, 4.69) is 20.7 Å². The number of ether oxygens (including phenoxy) is 1. The molecule has 0 saturated carbocycles. The number of nitrogens with zero attached hydrogens (tertiary/aromatic N) is 2. The van der Waals surface area contributed by atoms with Gasteiger partial charge < -0.3 is 10.1 Å². The van der Waals surface area contributed by atoms with Crippen molar-refractivity contribution in [2.45, 2.75) is 0 Å². The van der Waals surface area contributed by atoms with Crippen molar-refractivity contribution in [1.29, 1.82) is 0 Å². The van der Waals surface area contributed by atoms with Gasteiger partial charge in [0.15, 0.2) is 0 Å². The normalized spacial score (nSPS) is 10.4. The summed E-state index contributed by atoms with van der Waals surface area (Å²) in [5.74, 6) is -0.279. The minimum Gasteiger partial charge on any atom is -0.492 e. The Bertz CT molecular complexity index is 891. The Labute approximate surface area is 141 Å². The molecule has 1 heterocycles. The maximum absolute atomic E-state index is 12.1. The summed E-state index contributed by atoms with van der Waals surface area (Å²) in [5.41, 5.74) is 3.67. The van der Waals surface area contributed by atoms with Crippen molar-refractivity contribution in [3.8, 4) is 5.75 Å². The molecule has 0 radical (unpaired) electrons. The van der Waals surface area contributed by atoms with Gasteiger partial charge >= 0.3 is 0 Å². The van der Waals surface area contributed by atoms with E-state index in [1.54, 1.807) is 35.8 Å². The van der Waals surface area contributed by atoms with Gasteiger partial charge in [-0.05, 0) is 42.5 Å². The molecule has 2 amide bonds. The summed E-state index contributed by atoms with van der Waals surface area (Å²) < 4.78 is 5.48. The largest absolute Gasteiger partial charge is 0.492 e. The molecule has 25 heavy (non-hydrogen) atoms. The number of aromatic nitrogens is 3. The SMILES string of the molecule is O=C(NO)c1ccc(OCCNC(=O)c2ccc3n[nH]nc3c2)cc1. The van der Waals surface area contributed by atoms with Gasteiger partial charge in [0, 0.05) is 11.1 Å². The van der Waals surface area contributed by atoms with Crippen LogP contribution in [0, 0.1) is 0 Å². The number of hydroxylamine groups is 1. The number of carbonyl (C=O) groups excluding carboxylic acids is 2. The van der Waals surface area contributed by atoms with Crippen LogP contribution in [-0.2, 0) is 0 Å². The molecule has 1 aromatic heterocycles. The van der Waals surface area contributed by atoms with Crippen LogP contribution in [0.5, 0.6) is 5.75 Å². The third-order valence-corrected chi connectivity index (χ3v) is 3.45. The van der Waals surface area contributed by atoms with E-state index in [1.165, 1.54) is 12.1 Å². The zero-order valence-corrected chi connectivity index (χ0v) is 13.0. The van der Waals surface area contributed by atoms with Gasteiger partial charge in [-0.3, -0.25) is 14.8 Å². The molecule has 3 rings (SSSR count). The molecule has 0 atom stereocenters. The molecule has 9 heteroatoms. The van der Waals surface area contributed by atoms with Crippen LogP contribution in [0.25, 0.3) is 11.0 Å². The summed E-state index contributed by atoms with van der Waals surface area (Å²) in [6, 6.07) is 11.3. The van der Waals surface area contributed by atoms with Crippen LogP contribution in [0.3, 0.4) is 0 Å². The first-order chi connectivity index (χ1) is 12.2. The van der Waals surface area contributed by atoms with Gasteiger partial charge in [-0.1, -0.05) is 0 Å². The standard InChI is InChI=1S/C16H15N5O4/c22-15(11-3-6-13-14(9-11)19-21-18-13)17-7-8-25-12-4-1-10(2-5-12)16(23)20-24/h1-6,9,24H,7-8H2,(H,17,22)(H,20,23)(H,18,19,21). The fourth-order valence-electron chi connectivity index (χ4n) is 2.18. The molecule has 0 fully saturated rings. The first-order valence-corrected chi connectivity index (χ1v) is 7.43. The molecular formula is C16H15N5O4. The van der Waals surface area contributed by atoms with Crippen LogP contribution < -0.4 is 15.5 Å². The van der Waals surface area contributed by atoms with Gasteiger partial charge in [-0.2, -0.15) is 15.4 Å². The number of aromatic amines is 1. The van der Waals surface area contributed by atoms with Gasteiger partial charge in [-0.25, -0.2) is 5.48 Å². The molecule has 0 unspecified atom stereocenters. The molecule has 9 nitrogen and oxygen atoms in total. The van der Waals surface area contributed by atoms with Crippen LogP contribution in [0.15, 0.2) is 42.5 Å². The van der Waals surface area contributed by atoms with E-state index in [0.29, 0.717) is 34.5 Å². The lowest BCUT2D eigenvalue weighted by atomic mass is 10.2. The second-order valence-corrected chi connectivity index (χ2v) is 5.10. The highest BCUT2D eigenvalue weighted by Gasteiger charge is 2.08. The Morgan fingerprint density at radius 1 is 1.00 bits per heavy atom. The topological polar surface area (TPSA) is 129 Å². The first kappa shape index (κ1) is 16.4. The summed E-state index contributed by atoms with van der Waals surface area (Å²) in [7, 11) is 0. The lowest BCUT2D eigenvalue weighted by molar-refractivity contribution is 0.0706. The van der Waals surface area contributed by atoms with Gasteiger partial charge in [-0.15, -0.1) is 0 Å². The summed E-state index contributed by atoms with van der Waals surface area (Å²) in [6.45, 7) is 0.581. The third-order valence-electron chi connectivity index (χ3n) is 3.45. The van der Waals surface area contributed by atoms with Gasteiger partial charge in [0.2, 0.25) is 0 Å². The van der Waals surface area contributed by atoms with Crippen molar-refractivity contribution in [3.05, 3.63) is 53.6 Å². The highest BCUT2D eigenvalue weighted by molar-refractivity contribution is 5.97. The molecule has 4 N–H and O–H groups in total. The van der Waals surface area contributed by atoms with Crippen LogP contribution in [0.4, 0.5) is 0 Å². The number of rotatable bonds is 6. The molecule has 0 aliphatic carbocycles. The van der Waals surface area contributed by atoms with E-state index in [4.69, 9.17) is 9.94 Å². The average molecular weight is 341 g/mol. The van der Waals surface area contributed by atoms with Crippen molar-refractivity contribution in [2.24, 2.45) is 0 Å². The Balaban J connectivity index is 1.47. The van der Waals surface area contributed by atoms with Crippen LogP contribution >= 0.6 is 0 Å².